The Balaban J connectivity index is 1.79. The van der Waals surface area contributed by atoms with Crippen LogP contribution in [0.15, 0.2) is 42.7 Å². The molecule has 0 radical (unpaired) electrons. The monoisotopic (exact) mass is 271 g/mol. The van der Waals surface area contributed by atoms with Crippen molar-refractivity contribution >= 4 is 5.69 Å². The molecule has 0 aliphatic rings. The van der Waals surface area contributed by atoms with E-state index in [2.05, 4.69) is 78.5 Å². The Bertz CT molecular complexity index is 511. The Hall–Kier alpha value is -1.74. The number of nitrogens with one attached hydrogen (secondary N) is 1. The average molecular weight is 271 g/mol. The third-order valence-corrected chi connectivity index (χ3v) is 3.40. The lowest BCUT2D eigenvalue weighted by molar-refractivity contribution is 0.668. The Kier molecular flexibility index (Phi) is 5.24. The molecule has 0 saturated carbocycles. The maximum absolute atomic E-state index is 3.50. The van der Waals surface area contributed by atoms with Crippen molar-refractivity contribution in [1.29, 1.82) is 0 Å². The minimum absolute atomic E-state index is 0.909. The van der Waals surface area contributed by atoms with Crippen molar-refractivity contribution < 1.29 is 0 Å². The first-order chi connectivity index (χ1) is 9.69. The van der Waals surface area contributed by atoms with Crippen molar-refractivity contribution in [2.24, 2.45) is 0 Å². The summed E-state index contributed by atoms with van der Waals surface area (Å²) in [4.78, 5) is 2.12. The van der Waals surface area contributed by atoms with Gasteiger partial charge in [0.25, 0.3) is 0 Å². The summed E-state index contributed by atoms with van der Waals surface area (Å²) < 4.78 is 2.25. The van der Waals surface area contributed by atoms with Gasteiger partial charge in [0, 0.05) is 51.8 Å². The lowest BCUT2D eigenvalue weighted by Crippen LogP contribution is -2.13. The van der Waals surface area contributed by atoms with Gasteiger partial charge in [-0.1, -0.05) is 19.1 Å². The van der Waals surface area contributed by atoms with Crippen LogP contribution in [-0.4, -0.2) is 18.7 Å². The number of aromatic nitrogens is 1. The van der Waals surface area contributed by atoms with Crippen LogP contribution in [0, 0.1) is 0 Å². The first kappa shape index (κ1) is 14.7. The van der Waals surface area contributed by atoms with Crippen molar-refractivity contribution in [2.75, 3.05) is 19.0 Å². The van der Waals surface area contributed by atoms with Crippen LogP contribution in [0.2, 0.25) is 0 Å². The summed E-state index contributed by atoms with van der Waals surface area (Å²) in [7, 11) is 4.13. The van der Waals surface area contributed by atoms with Crippen molar-refractivity contribution in [1.82, 2.24) is 9.88 Å². The van der Waals surface area contributed by atoms with Crippen molar-refractivity contribution in [3.8, 4) is 0 Å². The fraction of sp³-hybridized carbons (Fsp3) is 0.412. The van der Waals surface area contributed by atoms with Gasteiger partial charge in [0.15, 0.2) is 0 Å². The summed E-state index contributed by atoms with van der Waals surface area (Å²) in [6, 6.07) is 10.9. The van der Waals surface area contributed by atoms with Gasteiger partial charge >= 0.3 is 0 Å². The molecule has 0 aliphatic heterocycles. The number of hydrogen-bond donors (Lipinski definition) is 1. The van der Waals surface area contributed by atoms with E-state index in [1.165, 1.54) is 23.2 Å². The minimum atomic E-state index is 0.909. The van der Waals surface area contributed by atoms with Crippen LogP contribution < -0.4 is 10.2 Å². The van der Waals surface area contributed by atoms with Crippen molar-refractivity contribution in [2.45, 2.75) is 33.0 Å². The lowest BCUT2D eigenvalue weighted by Gasteiger charge is -2.12. The smallest absolute Gasteiger partial charge is 0.0361 e. The Labute approximate surface area is 122 Å². The van der Waals surface area contributed by atoms with Gasteiger partial charge in [0.2, 0.25) is 0 Å². The van der Waals surface area contributed by atoms with E-state index in [0.29, 0.717) is 0 Å². The normalized spacial score (nSPS) is 10.8. The summed E-state index contributed by atoms with van der Waals surface area (Å²) in [6.07, 6.45) is 5.57. The van der Waals surface area contributed by atoms with Crippen LogP contribution >= 0.6 is 0 Å². The molecule has 1 aromatic heterocycles. The standard InChI is InChI=1S/C17H25N3/c1-4-10-20-11-9-16(14-20)13-18-12-15-5-7-17(8-6-15)19(2)3/h5-9,11,14,18H,4,10,12-13H2,1-3H3. The Morgan fingerprint density at radius 1 is 1.00 bits per heavy atom. The fourth-order valence-corrected chi connectivity index (χ4v) is 2.26. The molecule has 0 spiro atoms. The van der Waals surface area contributed by atoms with E-state index in [4.69, 9.17) is 0 Å². The molecule has 108 valence electrons. The maximum Gasteiger partial charge on any atom is 0.0361 e. The zero-order chi connectivity index (χ0) is 14.4. The van der Waals surface area contributed by atoms with Gasteiger partial charge in [-0.15, -0.1) is 0 Å². The number of rotatable bonds is 7. The average Bonchev–Trinajstić information content (AvgIpc) is 2.87. The molecule has 3 nitrogen and oxygen atoms in total. The largest absolute Gasteiger partial charge is 0.378 e. The molecule has 2 rings (SSSR count). The molecule has 0 unspecified atom stereocenters. The maximum atomic E-state index is 3.50. The Morgan fingerprint density at radius 3 is 2.35 bits per heavy atom. The zero-order valence-corrected chi connectivity index (χ0v) is 12.8. The van der Waals surface area contributed by atoms with E-state index in [0.717, 1.165) is 19.6 Å². The van der Waals surface area contributed by atoms with Gasteiger partial charge in [-0.3, -0.25) is 0 Å². The molecule has 0 fully saturated rings. The van der Waals surface area contributed by atoms with Gasteiger partial charge in [0.1, 0.15) is 0 Å². The highest BCUT2D eigenvalue weighted by Gasteiger charge is 1.98. The first-order valence-corrected chi connectivity index (χ1v) is 7.30. The highest BCUT2D eigenvalue weighted by molar-refractivity contribution is 5.45. The molecule has 20 heavy (non-hydrogen) atoms. The fourth-order valence-electron chi connectivity index (χ4n) is 2.26. The van der Waals surface area contributed by atoms with Gasteiger partial charge < -0.3 is 14.8 Å². The molecular weight excluding hydrogens is 246 g/mol. The van der Waals surface area contributed by atoms with Gasteiger partial charge in [-0.2, -0.15) is 0 Å². The third kappa shape index (κ3) is 4.14. The number of benzene rings is 1. The predicted molar refractivity (Wildman–Crippen MR) is 86.0 cm³/mol. The van der Waals surface area contributed by atoms with Crippen LogP contribution in [0.3, 0.4) is 0 Å². The summed E-state index contributed by atoms with van der Waals surface area (Å²) >= 11 is 0. The van der Waals surface area contributed by atoms with E-state index in [1.807, 2.05) is 0 Å². The molecule has 0 amide bonds. The quantitative estimate of drug-likeness (QED) is 0.834. The second-order valence-electron chi connectivity index (χ2n) is 5.42. The van der Waals surface area contributed by atoms with Gasteiger partial charge in [0.05, 0.1) is 0 Å². The van der Waals surface area contributed by atoms with Crippen LogP contribution in [0.5, 0.6) is 0 Å². The van der Waals surface area contributed by atoms with E-state index in [1.54, 1.807) is 0 Å². The molecule has 0 bridgehead atoms. The number of anilines is 1. The second-order valence-corrected chi connectivity index (χ2v) is 5.42. The van der Waals surface area contributed by atoms with E-state index >= 15 is 0 Å². The minimum Gasteiger partial charge on any atom is -0.378 e. The lowest BCUT2D eigenvalue weighted by atomic mass is 10.2. The van der Waals surface area contributed by atoms with E-state index < -0.39 is 0 Å². The topological polar surface area (TPSA) is 20.2 Å². The number of nitrogens with zero attached hydrogens (tertiary/aromatic N) is 2. The summed E-state index contributed by atoms with van der Waals surface area (Å²) in [5, 5.41) is 3.50. The van der Waals surface area contributed by atoms with Crippen LogP contribution in [0.1, 0.15) is 24.5 Å². The van der Waals surface area contributed by atoms with Crippen molar-refractivity contribution in [3.63, 3.8) is 0 Å². The highest BCUT2D eigenvalue weighted by atomic mass is 15.1. The molecular formula is C17H25N3. The third-order valence-electron chi connectivity index (χ3n) is 3.40. The summed E-state index contributed by atoms with van der Waals surface area (Å²) in [5.74, 6) is 0. The van der Waals surface area contributed by atoms with Crippen LogP contribution in [0.25, 0.3) is 0 Å². The highest BCUT2D eigenvalue weighted by Crippen LogP contribution is 2.12. The number of aryl methyl sites for hydroxylation is 1. The molecule has 3 heteroatoms. The van der Waals surface area contributed by atoms with E-state index in [9.17, 15) is 0 Å². The molecule has 0 atom stereocenters. The second kappa shape index (κ2) is 7.15. The molecule has 0 aliphatic carbocycles. The van der Waals surface area contributed by atoms with Crippen LogP contribution in [-0.2, 0) is 19.6 Å². The van der Waals surface area contributed by atoms with Gasteiger partial charge in [-0.05, 0) is 35.7 Å². The molecule has 1 heterocycles. The molecule has 1 aromatic carbocycles. The molecule has 1 N–H and O–H groups in total. The predicted octanol–water partition coefficient (Wildman–Crippen LogP) is 3.25. The Morgan fingerprint density at radius 2 is 1.70 bits per heavy atom. The first-order valence-electron chi connectivity index (χ1n) is 7.30. The SMILES string of the molecule is CCCn1ccc(CNCc2ccc(N(C)C)cc2)c1. The van der Waals surface area contributed by atoms with Crippen molar-refractivity contribution in [3.05, 3.63) is 53.9 Å². The summed E-state index contributed by atoms with van der Waals surface area (Å²) in [5.41, 5.74) is 3.91. The van der Waals surface area contributed by atoms with Gasteiger partial charge in [-0.25, -0.2) is 0 Å². The summed E-state index contributed by atoms with van der Waals surface area (Å²) in [6.45, 7) is 5.14. The van der Waals surface area contributed by atoms with E-state index in [-0.39, 0.29) is 0 Å². The number of hydrogen-bond acceptors (Lipinski definition) is 2. The van der Waals surface area contributed by atoms with Crippen LogP contribution in [0.4, 0.5) is 5.69 Å². The molecule has 0 saturated heterocycles. The molecule has 2 aromatic rings. The zero-order valence-electron chi connectivity index (χ0n) is 12.8.